The molecule has 0 unspecified atom stereocenters. The number of aliphatic imine (C=N–C) groups is 1. The highest BCUT2D eigenvalue weighted by atomic mass is 35.5. The lowest BCUT2D eigenvalue weighted by atomic mass is 10.0. The highest BCUT2D eigenvalue weighted by Crippen LogP contribution is 2.10. The standard InChI is InChI=1S/C6H13N3.ClH/c1-6(2,3-4-7)9-5-8;/h8H,3-4,7H2,1-2H3;1H. The molecule has 3 nitrogen and oxygen atoms in total. The van der Waals surface area contributed by atoms with Gasteiger partial charge in [0.1, 0.15) is 0 Å². The van der Waals surface area contributed by atoms with Gasteiger partial charge in [-0.15, -0.1) is 12.4 Å². The molecule has 0 heterocycles. The van der Waals surface area contributed by atoms with Crippen LogP contribution in [0.25, 0.3) is 0 Å². The highest BCUT2D eigenvalue weighted by Gasteiger charge is 2.12. The van der Waals surface area contributed by atoms with Crippen LogP contribution in [-0.4, -0.2) is 18.1 Å². The minimum Gasteiger partial charge on any atom is -0.330 e. The second-order valence-corrected chi connectivity index (χ2v) is 2.57. The summed E-state index contributed by atoms with van der Waals surface area (Å²) in [7, 11) is 0. The van der Waals surface area contributed by atoms with Gasteiger partial charge in [0.05, 0.1) is 11.5 Å². The van der Waals surface area contributed by atoms with E-state index in [-0.39, 0.29) is 17.9 Å². The van der Waals surface area contributed by atoms with Crippen molar-refractivity contribution in [2.75, 3.05) is 6.54 Å². The average molecular weight is 164 g/mol. The number of nitrogens with zero attached hydrogens (tertiary/aromatic N) is 1. The van der Waals surface area contributed by atoms with E-state index in [0.29, 0.717) is 6.54 Å². The molecule has 0 aromatic carbocycles. The molecule has 4 heteroatoms. The van der Waals surface area contributed by atoms with E-state index in [1.54, 1.807) is 0 Å². The van der Waals surface area contributed by atoms with E-state index in [9.17, 15) is 0 Å². The minimum absolute atomic E-state index is 0. The van der Waals surface area contributed by atoms with E-state index < -0.39 is 0 Å². The molecule has 0 aliphatic heterocycles. The minimum atomic E-state index is -0.198. The summed E-state index contributed by atoms with van der Waals surface area (Å²) >= 11 is 0. The molecule has 0 saturated heterocycles. The fourth-order valence-corrected chi connectivity index (χ4v) is 0.560. The van der Waals surface area contributed by atoms with Crippen molar-refractivity contribution in [1.29, 1.82) is 5.41 Å². The smallest absolute Gasteiger partial charge is 0.0867 e. The second-order valence-electron chi connectivity index (χ2n) is 2.57. The Kier molecular flexibility index (Phi) is 6.67. The monoisotopic (exact) mass is 163 g/mol. The number of nitrogens with one attached hydrogen (secondary N) is 1. The van der Waals surface area contributed by atoms with Gasteiger partial charge < -0.3 is 5.73 Å². The van der Waals surface area contributed by atoms with Crippen LogP contribution in [-0.2, 0) is 0 Å². The largest absolute Gasteiger partial charge is 0.330 e. The quantitative estimate of drug-likeness (QED) is 0.606. The molecule has 10 heavy (non-hydrogen) atoms. The number of rotatable bonds is 3. The van der Waals surface area contributed by atoms with E-state index >= 15 is 0 Å². The van der Waals surface area contributed by atoms with Crippen LogP contribution in [0.5, 0.6) is 0 Å². The molecule has 0 saturated carbocycles. The van der Waals surface area contributed by atoms with Crippen molar-refractivity contribution in [1.82, 2.24) is 0 Å². The van der Waals surface area contributed by atoms with Gasteiger partial charge in [-0.25, -0.2) is 10.4 Å². The van der Waals surface area contributed by atoms with Crippen LogP contribution in [0, 0.1) is 5.41 Å². The zero-order valence-electron chi connectivity index (χ0n) is 6.35. The van der Waals surface area contributed by atoms with Crippen molar-refractivity contribution in [3.8, 4) is 0 Å². The molecular weight excluding hydrogens is 150 g/mol. The van der Waals surface area contributed by atoms with Gasteiger partial charge in [-0.1, -0.05) is 0 Å². The van der Waals surface area contributed by atoms with Crippen molar-refractivity contribution in [3.63, 3.8) is 0 Å². The first-order valence-electron chi connectivity index (χ1n) is 2.96. The molecule has 0 aromatic rings. The maximum atomic E-state index is 6.58. The predicted molar refractivity (Wildman–Crippen MR) is 45.2 cm³/mol. The average Bonchev–Trinajstić information content (AvgIpc) is 1.64. The Balaban J connectivity index is 0. The molecule has 0 aliphatic rings. The van der Waals surface area contributed by atoms with Crippen LogP contribution in [0.1, 0.15) is 20.3 Å². The van der Waals surface area contributed by atoms with E-state index in [1.807, 2.05) is 19.9 Å². The lowest BCUT2D eigenvalue weighted by Crippen LogP contribution is -2.20. The molecule has 0 bridgehead atoms. The molecule has 0 spiro atoms. The van der Waals surface area contributed by atoms with E-state index in [2.05, 4.69) is 4.99 Å². The molecule has 3 N–H and O–H groups in total. The number of halogens is 1. The maximum absolute atomic E-state index is 6.58. The van der Waals surface area contributed by atoms with E-state index in [1.165, 1.54) is 0 Å². The molecule has 0 amide bonds. The zero-order chi connectivity index (χ0) is 7.33. The molecule has 0 rings (SSSR count). The first kappa shape index (κ1) is 12.3. The van der Waals surface area contributed by atoms with E-state index in [0.717, 1.165) is 6.42 Å². The van der Waals surface area contributed by atoms with Gasteiger partial charge in [-0.2, -0.15) is 0 Å². The fraction of sp³-hybridized carbons (Fsp3) is 0.833. The Hall–Kier alpha value is -0.370. The van der Waals surface area contributed by atoms with Crippen molar-refractivity contribution in [2.24, 2.45) is 10.7 Å². The van der Waals surface area contributed by atoms with Gasteiger partial charge in [0, 0.05) is 0 Å². The Labute approximate surface area is 67.6 Å². The summed E-state index contributed by atoms with van der Waals surface area (Å²) in [6.45, 7) is 4.47. The molecule has 60 valence electrons. The molecule has 0 atom stereocenters. The molecule has 0 radical (unpaired) electrons. The van der Waals surface area contributed by atoms with E-state index in [4.69, 9.17) is 11.1 Å². The SMILES string of the molecule is CC(C)(CCN)N=C=N.Cl. The summed E-state index contributed by atoms with van der Waals surface area (Å²) in [4.78, 5) is 3.78. The fourth-order valence-electron chi connectivity index (χ4n) is 0.560. The Morgan fingerprint density at radius 2 is 2.10 bits per heavy atom. The Bertz CT molecular complexity index is 127. The third-order valence-corrected chi connectivity index (χ3v) is 1.11. The summed E-state index contributed by atoms with van der Waals surface area (Å²) in [6, 6.07) is 2.01. The first-order chi connectivity index (χ1) is 4.12. The third kappa shape index (κ3) is 5.76. The summed E-state index contributed by atoms with van der Waals surface area (Å²) in [5.74, 6) is 0. The molecule has 0 fully saturated rings. The summed E-state index contributed by atoms with van der Waals surface area (Å²) in [6.07, 6.45) is 0.804. The Morgan fingerprint density at radius 3 is 2.40 bits per heavy atom. The van der Waals surface area contributed by atoms with Gasteiger partial charge in [0.2, 0.25) is 0 Å². The Morgan fingerprint density at radius 1 is 1.60 bits per heavy atom. The van der Waals surface area contributed by atoms with Crippen LogP contribution < -0.4 is 5.73 Å². The maximum Gasteiger partial charge on any atom is 0.0867 e. The zero-order valence-corrected chi connectivity index (χ0v) is 7.16. The summed E-state index contributed by atoms with van der Waals surface area (Å²) in [5, 5.41) is 6.58. The number of hydrogen-bond acceptors (Lipinski definition) is 3. The van der Waals surface area contributed by atoms with Gasteiger partial charge in [0.15, 0.2) is 0 Å². The van der Waals surface area contributed by atoms with Crippen LogP contribution in [0.3, 0.4) is 0 Å². The summed E-state index contributed by atoms with van der Waals surface area (Å²) in [5.41, 5.74) is 5.10. The topological polar surface area (TPSA) is 62.2 Å². The van der Waals surface area contributed by atoms with Crippen LogP contribution in [0.2, 0.25) is 0 Å². The van der Waals surface area contributed by atoms with Gasteiger partial charge in [-0.3, -0.25) is 0 Å². The van der Waals surface area contributed by atoms with Crippen molar-refractivity contribution < 1.29 is 0 Å². The summed E-state index contributed by atoms with van der Waals surface area (Å²) < 4.78 is 0. The van der Waals surface area contributed by atoms with Crippen molar-refractivity contribution in [3.05, 3.63) is 0 Å². The first-order valence-corrected chi connectivity index (χ1v) is 2.96. The van der Waals surface area contributed by atoms with Crippen molar-refractivity contribution >= 4 is 18.4 Å². The number of nitrogens with two attached hydrogens (primary N) is 1. The molecular formula is C6H14ClN3. The molecule has 0 aliphatic carbocycles. The van der Waals surface area contributed by atoms with Crippen LogP contribution >= 0.6 is 12.4 Å². The van der Waals surface area contributed by atoms with Gasteiger partial charge in [-0.05, 0) is 26.8 Å². The van der Waals surface area contributed by atoms with Crippen molar-refractivity contribution in [2.45, 2.75) is 25.8 Å². The lowest BCUT2D eigenvalue weighted by molar-refractivity contribution is 0.490. The third-order valence-electron chi connectivity index (χ3n) is 1.11. The lowest BCUT2D eigenvalue weighted by Gasteiger charge is -2.14. The van der Waals surface area contributed by atoms with Crippen LogP contribution in [0.4, 0.5) is 0 Å². The van der Waals surface area contributed by atoms with Gasteiger partial charge >= 0.3 is 0 Å². The highest BCUT2D eigenvalue weighted by molar-refractivity contribution is 5.85. The molecule has 0 aromatic heterocycles. The predicted octanol–water partition coefficient (Wildman–Crippen LogP) is 1.29. The van der Waals surface area contributed by atoms with Gasteiger partial charge in [0.25, 0.3) is 0 Å². The normalized spacial score (nSPS) is 9.50. The number of hydrogen-bond donors (Lipinski definition) is 2. The van der Waals surface area contributed by atoms with Crippen LogP contribution in [0.15, 0.2) is 4.99 Å². The second kappa shape index (κ2) is 5.42.